The maximum Gasteiger partial charge on any atom is 0.303 e. The summed E-state index contributed by atoms with van der Waals surface area (Å²) in [7, 11) is -3.48. The van der Waals surface area contributed by atoms with Gasteiger partial charge in [0, 0.05) is 31.6 Å². The van der Waals surface area contributed by atoms with Crippen LogP contribution in [0.25, 0.3) is 6.08 Å². The average Bonchev–Trinajstić information content (AvgIpc) is 2.78. The van der Waals surface area contributed by atoms with E-state index >= 15 is 0 Å². The molecule has 2 rings (SSSR count). The standard InChI is InChI=1S/C24H33N5O6S2/c1-15-11-19(12-18(16(15)2)13-21(35-5)14-36(6,31)32)22(24(30)28-37(33,34)29(3)4)27-20-9-7-17(8-10-20)23(25)26/h7-13,22,27H,14H2,1-6H3,(H3,25,26)(H,28,30)/b21-13-. The molecule has 0 saturated heterocycles. The van der Waals surface area contributed by atoms with Crippen molar-refractivity contribution in [1.29, 1.82) is 5.41 Å². The Morgan fingerprint density at radius 1 is 1.14 bits per heavy atom. The quantitative estimate of drug-likeness (QED) is 0.186. The number of ether oxygens (including phenoxy) is 1. The smallest absolute Gasteiger partial charge is 0.303 e. The number of nitrogens with two attached hydrogens (primary N) is 1. The van der Waals surface area contributed by atoms with Crippen LogP contribution in [0.3, 0.4) is 0 Å². The number of benzene rings is 2. The molecule has 0 radical (unpaired) electrons. The van der Waals surface area contributed by atoms with Crippen molar-refractivity contribution in [2.45, 2.75) is 19.9 Å². The van der Waals surface area contributed by atoms with Crippen molar-refractivity contribution in [3.63, 3.8) is 0 Å². The summed E-state index contributed by atoms with van der Waals surface area (Å²) in [6.45, 7) is 3.67. The molecule has 0 aliphatic carbocycles. The van der Waals surface area contributed by atoms with E-state index in [4.69, 9.17) is 15.9 Å². The van der Waals surface area contributed by atoms with Crippen molar-refractivity contribution in [2.24, 2.45) is 5.73 Å². The summed E-state index contributed by atoms with van der Waals surface area (Å²) in [4.78, 5) is 13.3. The van der Waals surface area contributed by atoms with E-state index in [9.17, 15) is 21.6 Å². The van der Waals surface area contributed by atoms with E-state index in [1.165, 1.54) is 21.2 Å². The van der Waals surface area contributed by atoms with Crippen LogP contribution in [0.2, 0.25) is 0 Å². The Morgan fingerprint density at radius 2 is 1.73 bits per heavy atom. The van der Waals surface area contributed by atoms with Crippen molar-refractivity contribution in [1.82, 2.24) is 9.03 Å². The second-order valence-corrected chi connectivity index (χ2v) is 12.8. The van der Waals surface area contributed by atoms with Gasteiger partial charge in [0.05, 0.1) is 7.11 Å². The number of rotatable bonds is 11. The van der Waals surface area contributed by atoms with Crippen molar-refractivity contribution in [3.8, 4) is 0 Å². The van der Waals surface area contributed by atoms with Crippen LogP contribution in [0.1, 0.15) is 33.9 Å². The van der Waals surface area contributed by atoms with Gasteiger partial charge >= 0.3 is 10.2 Å². The first-order chi connectivity index (χ1) is 17.0. The van der Waals surface area contributed by atoms with Crippen LogP contribution < -0.4 is 15.8 Å². The summed E-state index contributed by atoms with van der Waals surface area (Å²) in [6.07, 6.45) is 2.68. The molecule has 5 N–H and O–H groups in total. The van der Waals surface area contributed by atoms with Crippen LogP contribution in [0.15, 0.2) is 42.2 Å². The van der Waals surface area contributed by atoms with E-state index in [1.807, 2.05) is 13.8 Å². The molecule has 0 aliphatic heterocycles. The Bertz CT molecular complexity index is 1420. The monoisotopic (exact) mass is 551 g/mol. The molecule has 1 unspecified atom stereocenters. The van der Waals surface area contributed by atoms with E-state index in [-0.39, 0.29) is 17.3 Å². The summed E-state index contributed by atoms with van der Waals surface area (Å²) in [6, 6.07) is 8.71. The van der Waals surface area contributed by atoms with Crippen molar-refractivity contribution < 1.29 is 26.4 Å². The summed E-state index contributed by atoms with van der Waals surface area (Å²) in [5.74, 6) is -1.04. The van der Waals surface area contributed by atoms with Gasteiger partial charge in [-0.2, -0.15) is 12.7 Å². The second kappa shape index (κ2) is 11.8. The first-order valence-electron chi connectivity index (χ1n) is 11.0. The minimum Gasteiger partial charge on any atom is -0.500 e. The molecule has 0 bridgehead atoms. The predicted molar refractivity (Wildman–Crippen MR) is 145 cm³/mol. The fourth-order valence-electron chi connectivity index (χ4n) is 3.31. The van der Waals surface area contributed by atoms with Crippen molar-refractivity contribution in [3.05, 3.63) is 70.0 Å². The van der Waals surface area contributed by atoms with Crippen LogP contribution in [0.4, 0.5) is 5.69 Å². The number of anilines is 1. The molecule has 0 aromatic heterocycles. The number of nitrogen functional groups attached to an aromatic ring is 1. The number of methoxy groups -OCH3 is 1. The van der Waals surface area contributed by atoms with Gasteiger partial charge in [-0.25, -0.2) is 13.1 Å². The largest absolute Gasteiger partial charge is 0.500 e. The molecule has 1 atom stereocenters. The lowest BCUT2D eigenvalue weighted by molar-refractivity contribution is -0.120. The molecular formula is C24H33N5O6S2. The number of nitrogens with zero attached hydrogens (tertiary/aromatic N) is 1. The molecule has 0 fully saturated rings. The predicted octanol–water partition coefficient (Wildman–Crippen LogP) is 1.70. The molecule has 0 spiro atoms. The average molecular weight is 552 g/mol. The fraction of sp³-hybridized carbons (Fsp3) is 0.333. The zero-order chi connectivity index (χ0) is 28.1. The van der Waals surface area contributed by atoms with Gasteiger partial charge in [-0.1, -0.05) is 6.07 Å². The molecular weight excluding hydrogens is 518 g/mol. The molecule has 37 heavy (non-hydrogen) atoms. The van der Waals surface area contributed by atoms with Crippen molar-refractivity contribution in [2.75, 3.05) is 38.5 Å². The molecule has 2 aromatic rings. The zero-order valence-electron chi connectivity index (χ0n) is 21.6. The normalized spacial score (nSPS) is 13.2. The van der Waals surface area contributed by atoms with E-state index in [2.05, 4.69) is 10.0 Å². The minimum absolute atomic E-state index is 0.119. The van der Waals surface area contributed by atoms with Gasteiger partial charge in [0.25, 0.3) is 5.91 Å². The lowest BCUT2D eigenvalue weighted by Gasteiger charge is -2.23. The first kappa shape index (κ1) is 29.8. The van der Waals surface area contributed by atoms with Gasteiger partial charge in [0.1, 0.15) is 23.4 Å². The number of sulfone groups is 1. The van der Waals surface area contributed by atoms with E-state index in [0.717, 1.165) is 21.7 Å². The maximum absolute atomic E-state index is 13.3. The Kier molecular flexibility index (Phi) is 9.47. The number of carbonyl (C=O) groups is 1. The Morgan fingerprint density at radius 3 is 2.22 bits per heavy atom. The highest BCUT2D eigenvalue weighted by Gasteiger charge is 2.27. The lowest BCUT2D eigenvalue weighted by atomic mass is 9.95. The lowest BCUT2D eigenvalue weighted by Crippen LogP contribution is -2.43. The SMILES string of the molecule is CO/C(=C\c1cc(C(Nc2ccc(C(=N)N)cc2)C(=O)NS(=O)(=O)N(C)C)cc(C)c1C)CS(C)(=O)=O. The van der Waals surface area contributed by atoms with Gasteiger partial charge in [-0.3, -0.25) is 10.2 Å². The number of amides is 1. The number of hydrogen-bond acceptors (Lipinski definition) is 8. The van der Waals surface area contributed by atoms with E-state index < -0.39 is 32.0 Å². The molecule has 11 nitrogen and oxygen atoms in total. The molecule has 0 heterocycles. The second-order valence-electron chi connectivity index (χ2n) is 8.76. The maximum atomic E-state index is 13.3. The Labute approximate surface area is 218 Å². The van der Waals surface area contributed by atoms with Gasteiger partial charge in [-0.05, 0) is 72.5 Å². The number of nitrogens with one attached hydrogen (secondary N) is 3. The summed E-state index contributed by atoms with van der Waals surface area (Å²) >= 11 is 0. The topological polar surface area (TPSA) is 172 Å². The van der Waals surface area contributed by atoms with Crippen molar-refractivity contribution >= 4 is 43.6 Å². The third-order valence-electron chi connectivity index (χ3n) is 5.53. The molecule has 0 saturated carbocycles. The zero-order valence-corrected chi connectivity index (χ0v) is 23.2. The van der Waals surface area contributed by atoms with Crippen LogP contribution >= 0.6 is 0 Å². The molecule has 1 amide bonds. The highest BCUT2D eigenvalue weighted by Crippen LogP contribution is 2.27. The van der Waals surface area contributed by atoms with Gasteiger partial charge in [-0.15, -0.1) is 0 Å². The van der Waals surface area contributed by atoms with Crippen LogP contribution in [-0.4, -0.2) is 66.1 Å². The first-order valence-corrected chi connectivity index (χ1v) is 14.5. The van der Waals surface area contributed by atoms with E-state index in [1.54, 1.807) is 42.5 Å². The third kappa shape index (κ3) is 8.30. The minimum atomic E-state index is -4.08. The third-order valence-corrected chi connectivity index (χ3v) is 7.76. The Hall–Kier alpha value is -3.42. The number of hydrogen-bond donors (Lipinski definition) is 4. The van der Waals surface area contributed by atoms with Crippen LogP contribution in [-0.2, 0) is 29.6 Å². The number of carbonyl (C=O) groups excluding carboxylic acids is 1. The van der Waals surface area contributed by atoms with Crippen LogP contribution in [0, 0.1) is 19.3 Å². The molecule has 202 valence electrons. The van der Waals surface area contributed by atoms with Gasteiger partial charge in [0.15, 0.2) is 9.84 Å². The number of amidine groups is 1. The highest BCUT2D eigenvalue weighted by atomic mass is 32.2. The molecule has 13 heteroatoms. The molecule has 2 aromatic carbocycles. The van der Waals surface area contributed by atoms with E-state index in [0.29, 0.717) is 22.4 Å². The summed E-state index contributed by atoms with van der Waals surface area (Å²) in [5.41, 5.74) is 9.15. The van der Waals surface area contributed by atoms with Gasteiger partial charge in [0.2, 0.25) is 0 Å². The number of aryl methyl sites for hydroxylation is 1. The van der Waals surface area contributed by atoms with Gasteiger partial charge < -0.3 is 15.8 Å². The Balaban J connectivity index is 2.62. The summed E-state index contributed by atoms with van der Waals surface area (Å²) in [5, 5.41) is 10.6. The fourth-order valence-corrected chi connectivity index (χ4v) is 4.59. The van der Waals surface area contributed by atoms with Crippen LogP contribution in [0.5, 0.6) is 0 Å². The molecule has 0 aliphatic rings. The highest BCUT2D eigenvalue weighted by molar-refractivity contribution is 7.90. The summed E-state index contributed by atoms with van der Waals surface area (Å²) < 4.78 is 56.6.